The molecule has 2 aromatic rings. The molecule has 9 heteroatoms. The molecule has 140 valence electrons. The van der Waals surface area contributed by atoms with Crippen LogP contribution in [0.3, 0.4) is 0 Å². The zero-order valence-corrected chi connectivity index (χ0v) is 16.4. The Bertz CT molecular complexity index is 882. The lowest BCUT2D eigenvalue weighted by molar-refractivity contribution is 0.384. The molecule has 1 fully saturated rings. The number of hydrogen-bond donors (Lipinski definition) is 1. The maximum Gasteiger partial charge on any atom is 0.243 e. The van der Waals surface area contributed by atoms with Crippen molar-refractivity contribution in [1.82, 2.24) is 14.3 Å². The first kappa shape index (κ1) is 18.9. The van der Waals surface area contributed by atoms with Gasteiger partial charge in [0.05, 0.1) is 4.90 Å². The Labute approximate surface area is 159 Å². The third-order valence-corrected chi connectivity index (χ3v) is 6.30. The maximum absolute atomic E-state index is 12.8. The van der Waals surface area contributed by atoms with Gasteiger partial charge in [-0.3, -0.25) is 0 Å². The molecule has 0 spiro atoms. The standard InChI is InChI=1S/C17H22ClN5O2S/c1-3-19-17-20-13(2)11-16(21-17)22-7-9-23(10-8-22)26(24,25)15-6-4-5-14(18)12-15/h4-6,11-12H,3,7-10H2,1-2H3,(H,19,20,21). The van der Waals surface area contributed by atoms with Crippen molar-refractivity contribution in [2.45, 2.75) is 18.7 Å². The fourth-order valence-electron chi connectivity index (χ4n) is 2.89. The second-order valence-corrected chi connectivity index (χ2v) is 8.44. The van der Waals surface area contributed by atoms with Crippen LogP contribution in [0.5, 0.6) is 0 Å². The summed E-state index contributed by atoms with van der Waals surface area (Å²) in [5.41, 5.74) is 0.875. The van der Waals surface area contributed by atoms with Crippen molar-refractivity contribution >= 4 is 33.4 Å². The van der Waals surface area contributed by atoms with E-state index in [1.807, 2.05) is 19.9 Å². The normalized spacial score (nSPS) is 15.9. The topological polar surface area (TPSA) is 78.4 Å². The van der Waals surface area contributed by atoms with E-state index in [1.54, 1.807) is 18.2 Å². The average Bonchev–Trinajstić information content (AvgIpc) is 2.61. The van der Waals surface area contributed by atoms with E-state index in [2.05, 4.69) is 20.2 Å². The number of sulfonamides is 1. The SMILES string of the molecule is CCNc1nc(C)cc(N2CCN(S(=O)(=O)c3cccc(Cl)c3)CC2)n1. The minimum atomic E-state index is -3.54. The molecule has 1 N–H and O–H groups in total. The smallest absolute Gasteiger partial charge is 0.243 e. The van der Waals surface area contributed by atoms with Gasteiger partial charge in [0.2, 0.25) is 16.0 Å². The Hall–Kier alpha value is -1.90. The van der Waals surface area contributed by atoms with E-state index >= 15 is 0 Å². The highest BCUT2D eigenvalue weighted by atomic mass is 35.5. The van der Waals surface area contributed by atoms with Crippen LogP contribution < -0.4 is 10.2 Å². The summed E-state index contributed by atoms with van der Waals surface area (Å²) in [6.45, 7) is 6.60. The summed E-state index contributed by atoms with van der Waals surface area (Å²) in [7, 11) is -3.54. The van der Waals surface area contributed by atoms with E-state index in [0.29, 0.717) is 37.1 Å². The molecule has 0 radical (unpaired) electrons. The van der Waals surface area contributed by atoms with Crippen LogP contribution in [-0.4, -0.2) is 55.4 Å². The summed E-state index contributed by atoms with van der Waals surface area (Å²) in [5, 5.41) is 3.53. The number of aryl methyl sites for hydroxylation is 1. The number of nitrogens with zero attached hydrogens (tertiary/aromatic N) is 4. The predicted molar refractivity (Wildman–Crippen MR) is 103 cm³/mol. The van der Waals surface area contributed by atoms with Crippen LogP contribution in [0.4, 0.5) is 11.8 Å². The molecule has 1 aromatic heterocycles. The molecular formula is C17H22ClN5O2S. The van der Waals surface area contributed by atoms with Gasteiger partial charge in [0.15, 0.2) is 0 Å². The van der Waals surface area contributed by atoms with Crippen LogP contribution >= 0.6 is 11.6 Å². The van der Waals surface area contributed by atoms with Crippen molar-refractivity contribution in [3.05, 3.63) is 41.0 Å². The van der Waals surface area contributed by atoms with Crippen molar-refractivity contribution in [3.8, 4) is 0 Å². The van der Waals surface area contributed by atoms with Crippen LogP contribution in [0.25, 0.3) is 0 Å². The molecule has 2 heterocycles. The average molecular weight is 396 g/mol. The number of nitrogens with one attached hydrogen (secondary N) is 1. The van der Waals surface area contributed by atoms with Gasteiger partial charge in [-0.25, -0.2) is 13.4 Å². The van der Waals surface area contributed by atoms with Gasteiger partial charge < -0.3 is 10.2 Å². The molecule has 0 aliphatic carbocycles. The van der Waals surface area contributed by atoms with Gasteiger partial charge in [-0.05, 0) is 32.0 Å². The molecule has 0 bridgehead atoms. The predicted octanol–water partition coefficient (Wildman–Crippen LogP) is 2.38. The van der Waals surface area contributed by atoms with E-state index < -0.39 is 10.0 Å². The molecule has 26 heavy (non-hydrogen) atoms. The lowest BCUT2D eigenvalue weighted by Crippen LogP contribution is -2.49. The Morgan fingerprint density at radius 2 is 1.88 bits per heavy atom. The molecule has 7 nitrogen and oxygen atoms in total. The summed E-state index contributed by atoms with van der Waals surface area (Å²) in [4.78, 5) is 11.2. The molecule has 0 saturated carbocycles. The number of hydrogen-bond acceptors (Lipinski definition) is 6. The first-order valence-electron chi connectivity index (χ1n) is 8.50. The molecule has 0 unspecified atom stereocenters. The molecule has 0 amide bonds. The highest BCUT2D eigenvalue weighted by Crippen LogP contribution is 2.23. The Kier molecular flexibility index (Phi) is 5.64. The highest BCUT2D eigenvalue weighted by Gasteiger charge is 2.29. The second kappa shape index (κ2) is 7.77. The van der Waals surface area contributed by atoms with Crippen LogP contribution in [0, 0.1) is 6.92 Å². The van der Waals surface area contributed by atoms with E-state index in [4.69, 9.17) is 11.6 Å². The van der Waals surface area contributed by atoms with E-state index in [-0.39, 0.29) is 4.90 Å². The fraction of sp³-hybridized carbons (Fsp3) is 0.412. The van der Waals surface area contributed by atoms with Gasteiger partial charge in [-0.15, -0.1) is 0 Å². The number of piperazine rings is 1. The van der Waals surface area contributed by atoms with Crippen LogP contribution in [0.15, 0.2) is 35.2 Å². The number of aromatic nitrogens is 2. The molecular weight excluding hydrogens is 374 g/mol. The summed E-state index contributed by atoms with van der Waals surface area (Å²) in [6, 6.07) is 8.29. The highest BCUT2D eigenvalue weighted by molar-refractivity contribution is 7.89. The summed E-state index contributed by atoms with van der Waals surface area (Å²) in [6.07, 6.45) is 0. The van der Waals surface area contributed by atoms with Gasteiger partial charge in [0.1, 0.15) is 5.82 Å². The zero-order chi connectivity index (χ0) is 18.7. The van der Waals surface area contributed by atoms with Crippen LogP contribution in [-0.2, 0) is 10.0 Å². The van der Waals surface area contributed by atoms with Gasteiger partial charge in [-0.2, -0.15) is 9.29 Å². The van der Waals surface area contributed by atoms with Crippen molar-refractivity contribution < 1.29 is 8.42 Å². The van der Waals surface area contributed by atoms with Crippen molar-refractivity contribution in [1.29, 1.82) is 0 Å². The van der Waals surface area contributed by atoms with E-state index in [1.165, 1.54) is 10.4 Å². The quantitative estimate of drug-likeness (QED) is 0.837. The Balaban J connectivity index is 1.73. The number of rotatable bonds is 5. The van der Waals surface area contributed by atoms with Gasteiger partial charge in [-0.1, -0.05) is 17.7 Å². The van der Waals surface area contributed by atoms with Gasteiger partial charge in [0, 0.05) is 49.5 Å². The van der Waals surface area contributed by atoms with Crippen LogP contribution in [0.1, 0.15) is 12.6 Å². The summed E-state index contributed by atoms with van der Waals surface area (Å²) >= 11 is 5.94. The molecule has 0 atom stereocenters. The Morgan fingerprint density at radius 3 is 2.54 bits per heavy atom. The minimum Gasteiger partial charge on any atom is -0.354 e. The maximum atomic E-state index is 12.8. The van der Waals surface area contributed by atoms with Crippen molar-refractivity contribution in [2.75, 3.05) is 42.9 Å². The van der Waals surface area contributed by atoms with E-state index in [0.717, 1.165) is 18.1 Å². The summed E-state index contributed by atoms with van der Waals surface area (Å²) in [5.74, 6) is 1.41. The molecule has 1 saturated heterocycles. The summed E-state index contributed by atoms with van der Waals surface area (Å²) < 4.78 is 27.1. The molecule has 3 rings (SSSR count). The first-order valence-corrected chi connectivity index (χ1v) is 10.3. The van der Waals surface area contributed by atoms with Crippen LogP contribution in [0.2, 0.25) is 5.02 Å². The fourth-order valence-corrected chi connectivity index (χ4v) is 4.61. The lowest BCUT2D eigenvalue weighted by atomic mass is 10.3. The van der Waals surface area contributed by atoms with Crippen molar-refractivity contribution in [2.24, 2.45) is 0 Å². The largest absolute Gasteiger partial charge is 0.354 e. The molecule has 1 aliphatic rings. The lowest BCUT2D eigenvalue weighted by Gasteiger charge is -2.34. The third-order valence-electron chi connectivity index (χ3n) is 4.17. The third kappa shape index (κ3) is 4.08. The Morgan fingerprint density at radius 1 is 1.15 bits per heavy atom. The van der Waals surface area contributed by atoms with E-state index in [9.17, 15) is 8.42 Å². The molecule has 1 aliphatic heterocycles. The monoisotopic (exact) mass is 395 g/mol. The minimum absolute atomic E-state index is 0.228. The molecule has 1 aromatic carbocycles. The van der Waals surface area contributed by atoms with Gasteiger partial charge >= 0.3 is 0 Å². The first-order chi connectivity index (χ1) is 12.4. The zero-order valence-electron chi connectivity index (χ0n) is 14.8. The number of benzene rings is 1. The van der Waals surface area contributed by atoms with Crippen molar-refractivity contribution in [3.63, 3.8) is 0 Å². The number of halogens is 1. The second-order valence-electron chi connectivity index (χ2n) is 6.07. The number of anilines is 2. The van der Waals surface area contributed by atoms with Gasteiger partial charge in [0.25, 0.3) is 0 Å².